The van der Waals surface area contributed by atoms with E-state index in [1.165, 1.54) is 36.0 Å². The SMILES string of the molecule is COc1cc2c(cc1CN(C)Cc1ccccn1)CCC2. The maximum atomic E-state index is 5.58. The van der Waals surface area contributed by atoms with Crippen LogP contribution in [0.1, 0.15) is 28.8 Å². The maximum Gasteiger partial charge on any atom is 0.123 e. The third-order valence-corrected chi connectivity index (χ3v) is 4.09. The highest BCUT2D eigenvalue weighted by Gasteiger charge is 2.16. The van der Waals surface area contributed by atoms with Gasteiger partial charge in [-0.2, -0.15) is 0 Å². The first-order valence-corrected chi connectivity index (χ1v) is 7.53. The quantitative estimate of drug-likeness (QED) is 0.842. The largest absolute Gasteiger partial charge is 0.496 e. The van der Waals surface area contributed by atoms with Crippen molar-refractivity contribution in [2.45, 2.75) is 32.4 Å². The van der Waals surface area contributed by atoms with Crippen LogP contribution in [0.2, 0.25) is 0 Å². The van der Waals surface area contributed by atoms with Gasteiger partial charge in [-0.25, -0.2) is 0 Å². The van der Waals surface area contributed by atoms with E-state index in [-0.39, 0.29) is 0 Å². The molecule has 0 amide bonds. The Kier molecular flexibility index (Phi) is 4.20. The number of ether oxygens (including phenoxy) is 1. The van der Waals surface area contributed by atoms with Crippen LogP contribution in [-0.2, 0) is 25.9 Å². The molecule has 0 spiro atoms. The summed E-state index contributed by atoms with van der Waals surface area (Å²) >= 11 is 0. The summed E-state index contributed by atoms with van der Waals surface area (Å²) in [7, 11) is 3.89. The van der Waals surface area contributed by atoms with Gasteiger partial charge < -0.3 is 4.74 Å². The molecule has 1 aromatic carbocycles. The summed E-state index contributed by atoms with van der Waals surface area (Å²) in [5, 5.41) is 0. The van der Waals surface area contributed by atoms with Crippen molar-refractivity contribution in [1.82, 2.24) is 9.88 Å². The zero-order valence-corrected chi connectivity index (χ0v) is 12.8. The van der Waals surface area contributed by atoms with Crippen molar-refractivity contribution in [2.24, 2.45) is 0 Å². The summed E-state index contributed by atoms with van der Waals surface area (Å²) in [6.45, 7) is 1.73. The number of hydrogen-bond acceptors (Lipinski definition) is 3. The summed E-state index contributed by atoms with van der Waals surface area (Å²) in [5.41, 5.74) is 5.33. The first-order valence-electron chi connectivity index (χ1n) is 7.53. The number of methoxy groups -OCH3 is 1. The van der Waals surface area contributed by atoms with Gasteiger partial charge in [0.25, 0.3) is 0 Å². The van der Waals surface area contributed by atoms with Crippen LogP contribution in [0, 0.1) is 0 Å². The number of nitrogens with zero attached hydrogens (tertiary/aromatic N) is 2. The van der Waals surface area contributed by atoms with Crippen LogP contribution in [0.3, 0.4) is 0 Å². The monoisotopic (exact) mass is 282 g/mol. The average Bonchev–Trinajstić information content (AvgIpc) is 2.94. The lowest BCUT2D eigenvalue weighted by Crippen LogP contribution is -2.18. The minimum Gasteiger partial charge on any atom is -0.496 e. The molecule has 0 bridgehead atoms. The normalized spacial score (nSPS) is 13.5. The van der Waals surface area contributed by atoms with Crippen LogP contribution >= 0.6 is 0 Å². The van der Waals surface area contributed by atoms with Crippen molar-refractivity contribution >= 4 is 0 Å². The average molecular weight is 282 g/mol. The Bertz CT molecular complexity index is 610. The number of fused-ring (bicyclic) bond motifs is 1. The van der Waals surface area contributed by atoms with Gasteiger partial charge in [-0.1, -0.05) is 12.1 Å². The Morgan fingerprint density at radius 1 is 1.14 bits per heavy atom. The zero-order valence-electron chi connectivity index (χ0n) is 12.8. The fourth-order valence-corrected chi connectivity index (χ4v) is 3.08. The van der Waals surface area contributed by atoms with Crippen LogP contribution < -0.4 is 4.74 Å². The van der Waals surface area contributed by atoms with Gasteiger partial charge in [-0.3, -0.25) is 9.88 Å². The molecular weight excluding hydrogens is 260 g/mol. The molecule has 0 fully saturated rings. The highest BCUT2D eigenvalue weighted by Crippen LogP contribution is 2.30. The molecule has 0 saturated carbocycles. The highest BCUT2D eigenvalue weighted by molar-refractivity contribution is 5.44. The van der Waals surface area contributed by atoms with Gasteiger partial charge in [0.15, 0.2) is 0 Å². The lowest BCUT2D eigenvalue weighted by molar-refractivity contribution is 0.306. The van der Waals surface area contributed by atoms with Gasteiger partial charge >= 0.3 is 0 Å². The predicted molar refractivity (Wildman–Crippen MR) is 84.4 cm³/mol. The summed E-state index contributed by atoms with van der Waals surface area (Å²) in [6, 6.07) is 10.6. The smallest absolute Gasteiger partial charge is 0.123 e. The van der Waals surface area contributed by atoms with Crippen molar-refractivity contribution in [3.8, 4) is 5.75 Å². The second-order valence-corrected chi connectivity index (χ2v) is 5.78. The van der Waals surface area contributed by atoms with Gasteiger partial charge in [0.05, 0.1) is 12.8 Å². The summed E-state index contributed by atoms with van der Waals surface area (Å²) in [4.78, 5) is 6.67. The molecule has 110 valence electrons. The van der Waals surface area contributed by atoms with E-state index >= 15 is 0 Å². The minimum atomic E-state index is 0.848. The number of aryl methyl sites for hydroxylation is 2. The topological polar surface area (TPSA) is 25.4 Å². The van der Waals surface area contributed by atoms with Gasteiger partial charge in [-0.05, 0) is 55.6 Å². The zero-order chi connectivity index (χ0) is 14.7. The summed E-state index contributed by atoms with van der Waals surface area (Å²) < 4.78 is 5.58. The fraction of sp³-hybridized carbons (Fsp3) is 0.389. The second kappa shape index (κ2) is 6.27. The fourth-order valence-electron chi connectivity index (χ4n) is 3.08. The van der Waals surface area contributed by atoms with E-state index in [0.717, 1.165) is 24.5 Å². The Morgan fingerprint density at radius 2 is 1.95 bits per heavy atom. The Labute approximate surface area is 126 Å². The third kappa shape index (κ3) is 3.24. The summed E-state index contributed by atoms with van der Waals surface area (Å²) in [5.74, 6) is 1.02. The van der Waals surface area contributed by atoms with E-state index in [1.807, 2.05) is 18.3 Å². The molecular formula is C18H22N2O. The van der Waals surface area contributed by atoms with Crippen LogP contribution in [0.4, 0.5) is 0 Å². The molecule has 1 aliphatic carbocycles. The molecule has 0 atom stereocenters. The number of pyridine rings is 1. The number of benzene rings is 1. The molecule has 1 aliphatic rings. The van der Waals surface area contributed by atoms with Crippen molar-refractivity contribution in [1.29, 1.82) is 0 Å². The molecule has 3 nitrogen and oxygen atoms in total. The van der Waals surface area contributed by atoms with Crippen LogP contribution in [0.5, 0.6) is 5.75 Å². The van der Waals surface area contributed by atoms with Crippen LogP contribution in [0.25, 0.3) is 0 Å². The first kappa shape index (κ1) is 14.1. The molecule has 0 unspecified atom stereocenters. The third-order valence-electron chi connectivity index (χ3n) is 4.09. The Balaban J connectivity index is 1.75. The standard InChI is InChI=1S/C18H22N2O/c1-20(13-17-8-3-4-9-19-17)12-16-10-14-6-5-7-15(14)11-18(16)21-2/h3-4,8-11H,5-7,12-13H2,1-2H3. The van der Waals surface area contributed by atoms with E-state index in [9.17, 15) is 0 Å². The van der Waals surface area contributed by atoms with E-state index in [2.05, 4.69) is 35.1 Å². The molecule has 3 rings (SSSR count). The molecule has 3 heteroatoms. The van der Waals surface area contributed by atoms with Crippen molar-refractivity contribution < 1.29 is 4.74 Å². The molecule has 0 aliphatic heterocycles. The van der Waals surface area contributed by atoms with Gasteiger partial charge in [-0.15, -0.1) is 0 Å². The molecule has 1 aromatic heterocycles. The maximum absolute atomic E-state index is 5.58. The molecule has 21 heavy (non-hydrogen) atoms. The van der Waals surface area contributed by atoms with E-state index in [4.69, 9.17) is 4.74 Å². The Morgan fingerprint density at radius 3 is 2.67 bits per heavy atom. The molecule has 2 aromatic rings. The van der Waals surface area contributed by atoms with E-state index in [0.29, 0.717) is 0 Å². The number of rotatable bonds is 5. The summed E-state index contributed by atoms with van der Waals surface area (Å²) in [6.07, 6.45) is 5.51. The Hall–Kier alpha value is -1.87. The van der Waals surface area contributed by atoms with E-state index in [1.54, 1.807) is 7.11 Å². The minimum absolute atomic E-state index is 0.848. The lowest BCUT2D eigenvalue weighted by Gasteiger charge is -2.19. The predicted octanol–water partition coefficient (Wildman–Crippen LogP) is 3.21. The van der Waals surface area contributed by atoms with Crippen molar-refractivity contribution in [3.05, 3.63) is 58.9 Å². The van der Waals surface area contributed by atoms with Crippen LogP contribution in [0.15, 0.2) is 36.5 Å². The lowest BCUT2D eigenvalue weighted by atomic mass is 10.0. The second-order valence-electron chi connectivity index (χ2n) is 5.78. The van der Waals surface area contributed by atoms with Crippen molar-refractivity contribution in [2.75, 3.05) is 14.2 Å². The van der Waals surface area contributed by atoms with Crippen LogP contribution in [-0.4, -0.2) is 24.0 Å². The van der Waals surface area contributed by atoms with Gasteiger partial charge in [0.2, 0.25) is 0 Å². The molecule has 0 radical (unpaired) electrons. The van der Waals surface area contributed by atoms with Crippen molar-refractivity contribution in [3.63, 3.8) is 0 Å². The van der Waals surface area contributed by atoms with Gasteiger partial charge in [0.1, 0.15) is 5.75 Å². The molecule has 1 heterocycles. The van der Waals surface area contributed by atoms with E-state index < -0.39 is 0 Å². The first-order chi connectivity index (χ1) is 10.3. The highest BCUT2D eigenvalue weighted by atomic mass is 16.5. The number of hydrogen-bond donors (Lipinski definition) is 0. The van der Waals surface area contributed by atoms with Gasteiger partial charge in [0, 0.05) is 24.8 Å². The number of aromatic nitrogens is 1. The molecule has 0 saturated heterocycles. The molecule has 0 N–H and O–H groups in total.